The molecule has 5 heteroatoms. The zero-order valence-electron chi connectivity index (χ0n) is 8.86. The normalized spacial score (nSPS) is 9.69. The summed E-state index contributed by atoms with van der Waals surface area (Å²) in [6.07, 6.45) is 0. The molecule has 3 amide bonds. The van der Waals surface area contributed by atoms with Gasteiger partial charge in [-0.1, -0.05) is 11.6 Å². The molecular formula is C11H10ClNO3. The highest BCUT2D eigenvalue weighted by atomic mass is 35.5. The van der Waals surface area contributed by atoms with Crippen LogP contribution >= 0.6 is 11.6 Å². The highest BCUT2D eigenvalue weighted by Crippen LogP contribution is 2.11. The summed E-state index contributed by atoms with van der Waals surface area (Å²) < 4.78 is 0. The third-order valence-corrected chi connectivity index (χ3v) is 2.18. The topological polar surface area (TPSA) is 54.5 Å². The molecule has 1 aromatic rings. The SMILES string of the molecule is CC(=O)N(C(C)=O)C(=O)c1ccc(Cl)cc1. The van der Waals surface area contributed by atoms with Gasteiger partial charge in [-0.25, -0.2) is 4.90 Å². The predicted octanol–water partition coefficient (Wildman–Crippen LogP) is 1.88. The molecule has 1 rings (SSSR count). The molecule has 0 bridgehead atoms. The Hall–Kier alpha value is -1.68. The molecule has 0 saturated heterocycles. The maximum Gasteiger partial charge on any atom is 0.267 e. The monoisotopic (exact) mass is 239 g/mol. The van der Waals surface area contributed by atoms with E-state index < -0.39 is 17.7 Å². The van der Waals surface area contributed by atoms with Crippen LogP contribution in [0.25, 0.3) is 0 Å². The fourth-order valence-corrected chi connectivity index (χ4v) is 1.36. The second-order valence-corrected chi connectivity index (χ2v) is 3.62. The minimum Gasteiger partial charge on any atom is -0.274 e. The van der Waals surface area contributed by atoms with Crippen molar-refractivity contribution in [2.45, 2.75) is 13.8 Å². The highest BCUT2D eigenvalue weighted by Gasteiger charge is 2.23. The zero-order chi connectivity index (χ0) is 12.3. The van der Waals surface area contributed by atoms with Crippen molar-refractivity contribution < 1.29 is 14.4 Å². The molecule has 1 aromatic carbocycles. The van der Waals surface area contributed by atoms with Crippen molar-refractivity contribution in [2.24, 2.45) is 0 Å². The number of carbonyl (C=O) groups excluding carboxylic acids is 3. The summed E-state index contributed by atoms with van der Waals surface area (Å²) in [5.41, 5.74) is 0.245. The number of nitrogens with zero attached hydrogens (tertiary/aromatic N) is 1. The molecule has 0 fully saturated rings. The average Bonchev–Trinajstić information content (AvgIpc) is 2.17. The summed E-state index contributed by atoms with van der Waals surface area (Å²) in [5.74, 6) is -1.85. The standard InChI is InChI=1S/C11H10ClNO3/c1-7(14)13(8(2)15)11(16)9-3-5-10(12)6-4-9/h3-6H,1-2H3. The first-order valence-corrected chi connectivity index (χ1v) is 4.92. The van der Waals surface area contributed by atoms with Crippen LogP contribution in [0.5, 0.6) is 0 Å². The van der Waals surface area contributed by atoms with Crippen molar-refractivity contribution >= 4 is 29.3 Å². The van der Waals surface area contributed by atoms with E-state index in [2.05, 4.69) is 0 Å². The van der Waals surface area contributed by atoms with Crippen molar-refractivity contribution in [3.8, 4) is 0 Å². The van der Waals surface area contributed by atoms with Crippen LogP contribution in [-0.2, 0) is 9.59 Å². The van der Waals surface area contributed by atoms with E-state index in [9.17, 15) is 14.4 Å². The highest BCUT2D eigenvalue weighted by molar-refractivity contribution is 6.30. The zero-order valence-corrected chi connectivity index (χ0v) is 9.62. The molecule has 16 heavy (non-hydrogen) atoms. The van der Waals surface area contributed by atoms with Gasteiger partial charge in [0.25, 0.3) is 5.91 Å². The van der Waals surface area contributed by atoms with Gasteiger partial charge < -0.3 is 0 Å². The van der Waals surface area contributed by atoms with Crippen LogP contribution < -0.4 is 0 Å². The minimum absolute atomic E-state index is 0.245. The lowest BCUT2D eigenvalue weighted by Crippen LogP contribution is -2.38. The Bertz CT molecular complexity index is 425. The molecule has 0 spiro atoms. The number of carbonyl (C=O) groups is 3. The molecule has 0 radical (unpaired) electrons. The number of halogens is 1. The van der Waals surface area contributed by atoms with Gasteiger partial charge in [0.2, 0.25) is 11.8 Å². The number of imide groups is 3. The van der Waals surface area contributed by atoms with Crippen LogP contribution in [0.15, 0.2) is 24.3 Å². The quantitative estimate of drug-likeness (QED) is 0.752. The lowest BCUT2D eigenvalue weighted by molar-refractivity contribution is -0.138. The van der Waals surface area contributed by atoms with Gasteiger partial charge in [0.1, 0.15) is 0 Å². The fourth-order valence-electron chi connectivity index (χ4n) is 1.23. The van der Waals surface area contributed by atoms with E-state index >= 15 is 0 Å². The first-order valence-electron chi connectivity index (χ1n) is 4.54. The van der Waals surface area contributed by atoms with Crippen molar-refractivity contribution in [2.75, 3.05) is 0 Å². The molecule has 0 atom stereocenters. The summed E-state index contributed by atoms with van der Waals surface area (Å²) >= 11 is 5.66. The molecule has 4 nitrogen and oxygen atoms in total. The van der Waals surface area contributed by atoms with Gasteiger partial charge in [0.15, 0.2) is 0 Å². The molecule has 0 aromatic heterocycles. The van der Waals surface area contributed by atoms with E-state index in [1.807, 2.05) is 0 Å². The molecule has 0 aliphatic rings. The van der Waals surface area contributed by atoms with E-state index in [4.69, 9.17) is 11.6 Å². The Balaban J connectivity index is 3.04. The third kappa shape index (κ3) is 2.67. The lowest BCUT2D eigenvalue weighted by atomic mass is 10.2. The summed E-state index contributed by atoms with van der Waals surface area (Å²) in [6.45, 7) is 2.32. The Morgan fingerprint density at radius 1 is 1.00 bits per heavy atom. The van der Waals surface area contributed by atoms with Gasteiger partial charge in [-0.15, -0.1) is 0 Å². The van der Waals surface area contributed by atoms with Gasteiger partial charge >= 0.3 is 0 Å². The molecular weight excluding hydrogens is 230 g/mol. The number of hydrogen-bond donors (Lipinski definition) is 0. The van der Waals surface area contributed by atoms with Crippen molar-refractivity contribution in [3.05, 3.63) is 34.9 Å². The number of rotatable bonds is 1. The molecule has 0 aliphatic heterocycles. The molecule has 0 heterocycles. The van der Waals surface area contributed by atoms with Gasteiger partial charge in [0, 0.05) is 24.4 Å². The molecule has 84 valence electrons. The fraction of sp³-hybridized carbons (Fsp3) is 0.182. The maximum atomic E-state index is 11.8. The van der Waals surface area contributed by atoms with E-state index in [0.717, 1.165) is 13.8 Å². The number of benzene rings is 1. The number of hydrogen-bond acceptors (Lipinski definition) is 3. The van der Waals surface area contributed by atoms with Crippen molar-refractivity contribution in [3.63, 3.8) is 0 Å². The smallest absolute Gasteiger partial charge is 0.267 e. The van der Waals surface area contributed by atoms with E-state index in [0.29, 0.717) is 9.92 Å². The lowest BCUT2D eigenvalue weighted by Gasteiger charge is -2.14. The minimum atomic E-state index is -0.642. The van der Waals surface area contributed by atoms with E-state index in [1.165, 1.54) is 24.3 Å². The second kappa shape index (κ2) is 4.90. The largest absolute Gasteiger partial charge is 0.274 e. The van der Waals surface area contributed by atoms with Crippen LogP contribution in [0, 0.1) is 0 Å². The molecule has 0 unspecified atom stereocenters. The van der Waals surface area contributed by atoms with Crippen LogP contribution in [0.4, 0.5) is 0 Å². The summed E-state index contributed by atoms with van der Waals surface area (Å²) in [6, 6.07) is 5.97. The molecule has 0 aliphatic carbocycles. The van der Waals surface area contributed by atoms with Crippen LogP contribution in [-0.4, -0.2) is 22.6 Å². The Kier molecular flexibility index (Phi) is 3.79. The summed E-state index contributed by atoms with van der Waals surface area (Å²) in [7, 11) is 0. The van der Waals surface area contributed by atoms with Crippen LogP contribution in [0.1, 0.15) is 24.2 Å². The number of amides is 3. The first-order chi connectivity index (χ1) is 7.43. The van der Waals surface area contributed by atoms with Crippen molar-refractivity contribution in [1.82, 2.24) is 4.90 Å². The average molecular weight is 240 g/mol. The Labute approximate surface area is 97.8 Å². The summed E-state index contributed by atoms with van der Waals surface area (Å²) in [5, 5.41) is 0.480. The van der Waals surface area contributed by atoms with E-state index in [1.54, 1.807) is 0 Å². The summed E-state index contributed by atoms with van der Waals surface area (Å²) in [4.78, 5) is 34.6. The van der Waals surface area contributed by atoms with Gasteiger partial charge in [-0.2, -0.15) is 0 Å². The van der Waals surface area contributed by atoms with Crippen LogP contribution in [0.3, 0.4) is 0 Å². The Morgan fingerprint density at radius 3 is 1.81 bits per heavy atom. The first kappa shape index (κ1) is 12.4. The van der Waals surface area contributed by atoms with Gasteiger partial charge in [-0.05, 0) is 24.3 Å². The maximum absolute atomic E-state index is 11.8. The molecule has 0 saturated carbocycles. The Morgan fingerprint density at radius 2 is 1.44 bits per heavy atom. The van der Waals surface area contributed by atoms with Crippen LogP contribution in [0.2, 0.25) is 5.02 Å². The predicted molar refractivity (Wildman–Crippen MR) is 59.0 cm³/mol. The van der Waals surface area contributed by atoms with Crippen molar-refractivity contribution in [1.29, 1.82) is 0 Å². The van der Waals surface area contributed by atoms with Gasteiger partial charge in [0.05, 0.1) is 0 Å². The second-order valence-electron chi connectivity index (χ2n) is 3.19. The third-order valence-electron chi connectivity index (χ3n) is 1.92. The molecule has 0 N–H and O–H groups in total. The van der Waals surface area contributed by atoms with Gasteiger partial charge in [-0.3, -0.25) is 14.4 Å². The van der Waals surface area contributed by atoms with E-state index in [-0.39, 0.29) is 5.56 Å².